The van der Waals surface area contributed by atoms with Gasteiger partial charge < -0.3 is 26.0 Å². The minimum absolute atomic E-state index is 0.0302. The molecule has 0 aliphatic heterocycles. The van der Waals surface area contributed by atoms with Crippen LogP contribution in [0.1, 0.15) is 34.0 Å². The minimum Gasteiger partial charge on any atom is -0.511 e. The Morgan fingerprint density at radius 1 is 1.06 bits per heavy atom. The first-order chi connectivity index (χ1) is 17.0. The average Bonchev–Trinajstić information content (AvgIpc) is 2.89. The lowest BCUT2D eigenvalue weighted by Gasteiger charge is -2.16. The third kappa shape index (κ3) is 10.1. The van der Waals surface area contributed by atoms with E-state index in [1.165, 1.54) is 6.92 Å². The second-order valence-electron chi connectivity index (χ2n) is 7.10. The van der Waals surface area contributed by atoms with E-state index in [1.807, 2.05) is 24.3 Å². The normalized spacial score (nSPS) is 11.7. The van der Waals surface area contributed by atoms with Gasteiger partial charge in [0.05, 0.1) is 25.2 Å². The molecule has 0 radical (unpaired) electrons. The largest absolute Gasteiger partial charge is 0.511 e. The van der Waals surface area contributed by atoms with Gasteiger partial charge in [-0.1, -0.05) is 24.0 Å². The number of carbonyl (C=O) groups is 2. The standard InChI is InChI=1S/C25H27N3O5.C2H4/c1-18(32)24(28-16-26-17-31)23(15-30)14-21-6-4-19(5-7-21)2-3-20-8-10-22(11-9-20)25(33)27-12-13-29;1-2/h4-11,16-17,23,29-30,32H,12-15H2,1H3,(H,27,33)(H,26,28,31);1-2H2/b24-18+;. The molecule has 2 aromatic rings. The summed E-state index contributed by atoms with van der Waals surface area (Å²) >= 11 is 0. The maximum absolute atomic E-state index is 11.9. The van der Waals surface area contributed by atoms with Crippen molar-refractivity contribution in [2.75, 3.05) is 19.8 Å². The fourth-order valence-corrected chi connectivity index (χ4v) is 3.01. The van der Waals surface area contributed by atoms with Gasteiger partial charge in [-0.05, 0) is 55.3 Å². The lowest BCUT2D eigenvalue weighted by molar-refractivity contribution is -0.108. The van der Waals surface area contributed by atoms with E-state index in [-0.39, 0.29) is 31.4 Å². The van der Waals surface area contributed by atoms with Crippen LogP contribution in [0.4, 0.5) is 0 Å². The zero-order chi connectivity index (χ0) is 26.1. The van der Waals surface area contributed by atoms with Crippen LogP contribution >= 0.6 is 0 Å². The van der Waals surface area contributed by atoms with Gasteiger partial charge in [-0.3, -0.25) is 9.59 Å². The highest BCUT2D eigenvalue weighted by molar-refractivity contribution is 5.94. The molecule has 2 amide bonds. The number of nitrogens with zero attached hydrogens (tertiary/aromatic N) is 1. The van der Waals surface area contributed by atoms with Crippen LogP contribution in [0, 0.1) is 17.8 Å². The third-order valence-corrected chi connectivity index (χ3v) is 4.66. The van der Waals surface area contributed by atoms with Crippen molar-refractivity contribution in [3.63, 3.8) is 0 Å². The van der Waals surface area contributed by atoms with Crippen LogP contribution in [0.5, 0.6) is 0 Å². The summed E-state index contributed by atoms with van der Waals surface area (Å²) < 4.78 is 0. The van der Waals surface area contributed by atoms with Gasteiger partial charge in [-0.25, -0.2) is 4.99 Å². The summed E-state index contributed by atoms with van der Waals surface area (Å²) in [5.74, 6) is 5.39. The predicted octanol–water partition coefficient (Wildman–Crippen LogP) is 2.33. The fraction of sp³-hybridized carbons (Fsp3) is 0.222. The van der Waals surface area contributed by atoms with E-state index in [1.54, 1.807) is 24.3 Å². The van der Waals surface area contributed by atoms with Crippen molar-refractivity contribution in [3.05, 3.63) is 95.4 Å². The Labute approximate surface area is 205 Å². The van der Waals surface area contributed by atoms with Crippen LogP contribution in [0.2, 0.25) is 0 Å². The van der Waals surface area contributed by atoms with E-state index in [0.717, 1.165) is 23.0 Å². The molecule has 35 heavy (non-hydrogen) atoms. The molecule has 0 fully saturated rings. The molecule has 2 rings (SSSR count). The summed E-state index contributed by atoms with van der Waals surface area (Å²) in [6.07, 6.45) is 2.07. The molecule has 0 bridgehead atoms. The van der Waals surface area contributed by atoms with Crippen molar-refractivity contribution >= 4 is 18.7 Å². The molecule has 0 saturated heterocycles. The van der Waals surface area contributed by atoms with Gasteiger partial charge >= 0.3 is 0 Å². The van der Waals surface area contributed by atoms with Gasteiger partial charge in [0.25, 0.3) is 5.91 Å². The zero-order valence-corrected chi connectivity index (χ0v) is 19.7. The number of aliphatic hydroxyl groups excluding tert-OH is 3. The number of carbonyl (C=O) groups excluding carboxylic acids is 2. The Balaban J connectivity index is 0.00000298. The summed E-state index contributed by atoms with van der Waals surface area (Å²) in [7, 11) is 0. The highest BCUT2D eigenvalue weighted by Crippen LogP contribution is 2.21. The van der Waals surface area contributed by atoms with Crippen molar-refractivity contribution in [1.29, 1.82) is 0 Å². The quantitative estimate of drug-likeness (QED) is 0.0895. The Morgan fingerprint density at radius 2 is 1.63 bits per heavy atom. The van der Waals surface area contributed by atoms with Crippen LogP contribution in [0.3, 0.4) is 0 Å². The first-order valence-corrected chi connectivity index (χ1v) is 10.8. The SMILES string of the molecule is C/C(O)=C(\N=CNC=O)C(CO)Cc1ccc(C#Cc2ccc(C(=O)NCCO)cc2)cc1.C=C. The number of nitrogens with one attached hydrogen (secondary N) is 2. The lowest BCUT2D eigenvalue weighted by atomic mass is 9.95. The summed E-state index contributed by atoms with van der Waals surface area (Å²) in [5.41, 5.74) is 3.27. The molecule has 184 valence electrons. The number of rotatable bonds is 10. The van der Waals surface area contributed by atoms with Crippen LogP contribution in [-0.2, 0) is 11.2 Å². The average molecular weight is 478 g/mol. The van der Waals surface area contributed by atoms with E-state index in [2.05, 4.69) is 40.6 Å². The molecule has 0 heterocycles. The molecule has 0 aliphatic rings. The summed E-state index contributed by atoms with van der Waals surface area (Å²) in [6.45, 7) is 7.35. The Morgan fingerprint density at radius 3 is 2.11 bits per heavy atom. The van der Waals surface area contributed by atoms with Gasteiger partial charge in [0, 0.05) is 29.2 Å². The van der Waals surface area contributed by atoms with E-state index >= 15 is 0 Å². The minimum atomic E-state index is -0.440. The molecular formula is C27H31N3O5. The molecule has 5 N–H and O–H groups in total. The Hall–Kier alpha value is -4.19. The molecule has 0 spiro atoms. The number of benzene rings is 2. The van der Waals surface area contributed by atoms with Crippen LogP contribution < -0.4 is 10.6 Å². The molecule has 0 aliphatic carbocycles. The summed E-state index contributed by atoms with van der Waals surface area (Å²) in [4.78, 5) is 26.3. The van der Waals surface area contributed by atoms with Crippen molar-refractivity contribution in [3.8, 4) is 11.8 Å². The molecule has 0 saturated carbocycles. The highest BCUT2D eigenvalue weighted by Gasteiger charge is 2.16. The number of aliphatic imine (C=N–C) groups is 1. The van der Waals surface area contributed by atoms with Crippen molar-refractivity contribution < 1.29 is 24.9 Å². The molecular weight excluding hydrogens is 446 g/mol. The van der Waals surface area contributed by atoms with Crippen LogP contribution in [-0.4, -0.2) is 53.7 Å². The second kappa shape index (κ2) is 16.4. The van der Waals surface area contributed by atoms with Gasteiger partial charge in [0.1, 0.15) is 5.76 Å². The van der Waals surface area contributed by atoms with E-state index in [9.17, 15) is 19.8 Å². The zero-order valence-electron chi connectivity index (χ0n) is 19.7. The topological polar surface area (TPSA) is 131 Å². The molecule has 8 heteroatoms. The maximum atomic E-state index is 11.9. The molecule has 1 atom stereocenters. The predicted molar refractivity (Wildman–Crippen MR) is 137 cm³/mol. The fourth-order valence-electron chi connectivity index (χ4n) is 3.01. The van der Waals surface area contributed by atoms with E-state index in [4.69, 9.17) is 5.11 Å². The first kappa shape index (κ1) is 28.8. The number of allylic oxidation sites excluding steroid dienone is 1. The van der Waals surface area contributed by atoms with Crippen LogP contribution in [0.15, 0.2) is 78.1 Å². The summed E-state index contributed by atoms with van der Waals surface area (Å²) in [6, 6.07) is 14.4. The van der Waals surface area contributed by atoms with Gasteiger partial charge in [0.15, 0.2) is 0 Å². The maximum Gasteiger partial charge on any atom is 0.251 e. The number of aliphatic hydroxyl groups is 3. The monoisotopic (exact) mass is 477 g/mol. The van der Waals surface area contributed by atoms with Crippen LogP contribution in [0.25, 0.3) is 0 Å². The molecule has 2 aromatic carbocycles. The first-order valence-electron chi connectivity index (χ1n) is 10.8. The Kier molecular flexibility index (Phi) is 13.5. The molecule has 0 aromatic heterocycles. The number of hydrogen-bond donors (Lipinski definition) is 5. The number of amides is 2. The highest BCUT2D eigenvalue weighted by atomic mass is 16.3. The number of hydrogen-bond acceptors (Lipinski definition) is 6. The van der Waals surface area contributed by atoms with Crippen molar-refractivity contribution in [1.82, 2.24) is 10.6 Å². The molecule has 8 nitrogen and oxygen atoms in total. The second-order valence-corrected chi connectivity index (χ2v) is 7.10. The Bertz CT molecular complexity index is 1060. The molecule has 1 unspecified atom stereocenters. The van der Waals surface area contributed by atoms with Gasteiger partial charge in [-0.2, -0.15) is 0 Å². The van der Waals surface area contributed by atoms with Gasteiger partial charge in [0.2, 0.25) is 6.41 Å². The van der Waals surface area contributed by atoms with Crippen molar-refractivity contribution in [2.45, 2.75) is 13.3 Å². The van der Waals surface area contributed by atoms with E-state index < -0.39 is 5.92 Å². The van der Waals surface area contributed by atoms with Gasteiger partial charge in [-0.15, -0.1) is 13.2 Å². The third-order valence-electron chi connectivity index (χ3n) is 4.66. The smallest absolute Gasteiger partial charge is 0.251 e. The lowest BCUT2D eigenvalue weighted by Crippen LogP contribution is -2.26. The van der Waals surface area contributed by atoms with Crippen molar-refractivity contribution in [2.24, 2.45) is 10.9 Å². The summed E-state index contributed by atoms with van der Waals surface area (Å²) in [5, 5.41) is 33.3. The van der Waals surface area contributed by atoms with E-state index in [0.29, 0.717) is 24.1 Å².